The van der Waals surface area contributed by atoms with Gasteiger partial charge in [-0.3, -0.25) is 19.8 Å². The molecule has 5 heterocycles. The number of halogens is 1. The number of benzene rings is 3. The normalized spacial score (nSPS) is 20.0. The van der Waals surface area contributed by atoms with E-state index in [4.69, 9.17) is 21.1 Å². The van der Waals surface area contributed by atoms with Crippen LogP contribution >= 0.6 is 11.6 Å². The highest BCUT2D eigenvalue weighted by Crippen LogP contribution is 2.44. The first-order valence-electron chi connectivity index (χ1n) is 22.1. The second kappa shape index (κ2) is 17.8. The second-order valence-corrected chi connectivity index (χ2v) is 20.5. The summed E-state index contributed by atoms with van der Waals surface area (Å²) in [5.74, 6) is -0.991. The smallest absolute Gasteiger partial charge is 0.297 e. The van der Waals surface area contributed by atoms with Crippen molar-refractivity contribution >= 4 is 61.2 Å². The van der Waals surface area contributed by atoms with Crippen molar-refractivity contribution in [2.24, 2.45) is 11.3 Å². The number of nitrogens with one attached hydrogen (secondary N) is 3. The van der Waals surface area contributed by atoms with Crippen LogP contribution < -0.4 is 19.7 Å². The van der Waals surface area contributed by atoms with Crippen LogP contribution in [0.3, 0.4) is 0 Å². The molecule has 2 unspecified atom stereocenters. The number of carbonyl (C=O) groups is 1. The molecule has 0 radical (unpaired) electrons. The Bertz CT molecular complexity index is 2720. The molecule has 14 nitrogen and oxygen atoms in total. The van der Waals surface area contributed by atoms with Gasteiger partial charge in [0.25, 0.3) is 21.6 Å². The molecule has 336 valence electrons. The lowest BCUT2D eigenvalue weighted by Crippen LogP contribution is -2.47. The first-order chi connectivity index (χ1) is 30.7. The average Bonchev–Trinajstić information content (AvgIpc) is 3.77. The predicted octanol–water partition coefficient (Wildman–Crippen LogP) is 8.78. The van der Waals surface area contributed by atoms with Gasteiger partial charge in [-0.25, -0.2) is 18.1 Å². The van der Waals surface area contributed by atoms with Gasteiger partial charge in [-0.15, -0.1) is 0 Å². The second-order valence-electron chi connectivity index (χ2n) is 18.4. The third-order valence-electron chi connectivity index (χ3n) is 13.6. The fraction of sp³-hybridized carbons (Fsp3) is 0.417. The zero-order chi connectivity index (χ0) is 44.8. The zero-order valence-corrected chi connectivity index (χ0v) is 37.9. The van der Waals surface area contributed by atoms with Crippen molar-refractivity contribution < 1.29 is 27.6 Å². The number of nitro benzene ring substituents is 1. The van der Waals surface area contributed by atoms with Crippen LogP contribution in [0.15, 0.2) is 89.6 Å². The Labute approximate surface area is 378 Å². The summed E-state index contributed by atoms with van der Waals surface area (Å²) >= 11 is 6.26. The van der Waals surface area contributed by atoms with E-state index in [1.807, 2.05) is 49.5 Å². The molecule has 2 atom stereocenters. The SMILES string of the molecule is CC(c1cnc2[nH]ccc2c1)c1cc(N2CCN(CC3=C(c4ccc(Cl)cc4)CC(C)(C)CC3)CC2)ccc1C(=O)NS(=O)(=O)c1cc2c(c([N+](=O)[O-])c1)NC(C1CCOCC1)CO2. The van der Waals surface area contributed by atoms with Crippen LogP contribution in [-0.4, -0.2) is 92.7 Å². The third kappa shape index (κ3) is 9.21. The van der Waals surface area contributed by atoms with Crippen molar-refractivity contribution in [3.8, 4) is 5.75 Å². The maximum Gasteiger partial charge on any atom is 0.297 e. The number of allylic oxidation sites excluding steroid dienone is 1. The van der Waals surface area contributed by atoms with E-state index in [2.05, 4.69) is 55.8 Å². The van der Waals surface area contributed by atoms with Gasteiger partial charge >= 0.3 is 0 Å². The molecule has 1 aliphatic carbocycles. The van der Waals surface area contributed by atoms with Gasteiger partial charge in [-0.1, -0.05) is 50.1 Å². The summed E-state index contributed by atoms with van der Waals surface area (Å²) in [5, 5.41) is 17.2. The van der Waals surface area contributed by atoms with E-state index in [9.17, 15) is 23.3 Å². The highest BCUT2D eigenvalue weighted by molar-refractivity contribution is 7.90. The summed E-state index contributed by atoms with van der Waals surface area (Å²) in [4.78, 5) is 38.1. The van der Waals surface area contributed by atoms with Crippen molar-refractivity contribution in [1.29, 1.82) is 0 Å². The van der Waals surface area contributed by atoms with Crippen molar-refractivity contribution in [2.45, 2.75) is 69.7 Å². The molecule has 64 heavy (non-hydrogen) atoms. The molecule has 0 bridgehead atoms. The number of carbonyl (C=O) groups excluding carboxylic acids is 1. The molecule has 3 N–H and O–H groups in total. The summed E-state index contributed by atoms with van der Waals surface area (Å²) in [7, 11) is -4.61. The van der Waals surface area contributed by atoms with Gasteiger partial charge in [0.15, 0.2) is 11.4 Å². The van der Waals surface area contributed by atoms with Crippen LogP contribution in [-0.2, 0) is 14.8 Å². The van der Waals surface area contributed by atoms with Gasteiger partial charge in [-0.05, 0) is 108 Å². The Balaban J connectivity index is 0.965. The number of sulfonamides is 1. The monoisotopic (exact) mass is 907 g/mol. The van der Waals surface area contributed by atoms with Crippen LogP contribution in [0.2, 0.25) is 5.02 Å². The molecule has 0 spiro atoms. The number of nitro groups is 1. The number of amides is 1. The molecular formula is C48H54ClN7O7S. The molecule has 4 aliphatic rings. The fourth-order valence-electron chi connectivity index (χ4n) is 9.73. The minimum absolute atomic E-state index is 0.0400. The Kier molecular flexibility index (Phi) is 12.2. The summed E-state index contributed by atoms with van der Waals surface area (Å²) < 4.78 is 41.7. The number of hydrogen-bond acceptors (Lipinski definition) is 11. The number of fused-ring (bicyclic) bond motifs is 2. The third-order valence-corrected chi connectivity index (χ3v) is 15.1. The highest BCUT2D eigenvalue weighted by Gasteiger charge is 2.36. The Morgan fingerprint density at radius 1 is 1.05 bits per heavy atom. The highest BCUT2D eigenvalue weighted by atomic mass is 35.5. The molecular weight excluding hydrogens is 854 g/mol. The van der Waals surface area contributed by atoms with Gasteiger partial charge in [0.2, 0.25) is 0 Å². The van der Waals surface area contributed by atoms with Crippen molar-refractivity contribution in [3.63, 3.8) is 0 Å². The zero-order valence-electron chi connectivity index (χ0n) is 36.4. The van der Waals surface area contributed by atoms with Crippen LogP contribution in [0.5, 0.6) is 5.75 Å². The van der Waals surface area contributed by atoms with Crippen molar-refractivity contribution in [3.05, 3.63) is 122 Å². The van der Waals surface area contributed by atoms with Crippen LogP contribution in [0.25, 0.3) is 16.6 Å². The Morgan fingerprint density at radius 3 is 2.56 bits per heavy atom. The molecule has 5 aromatic rings. The Hall–Kier alpha value is -5.48. The number of anilines is 2. The standard InChI is InChI=1S/C48H54ClN7O7S/c1-30(35-22-33-11-15-50-46(33)51-27-35)40-23-37(55-18-16-54(17-19-55)28-34-10-14-48(2,3)26-41(34)31-4-6-36(49)7-5-31)8-9-39(40)47(57)53-64(60,61)38-24-43(56(58)59)45-44(25-38)63-29-42(52-45)32-12-20-62-21-13-32/h4-9,11,15,22-25,27,30,32,42,52H,10,12-14,16-21,26,28-29H2,1-3H3,(H,50,51)(H,53,57). The molecule has 3 aromatic carbocycles. The molecule has 2 aromatic heterocycles. The van der Waals surface area contributed by atoms with Gasteiger partial charge in [0.1, 0.15) is 12.3 Å². The van der Waals surface area contributed by atoms with E-state index in [0.717, 1.165) is 98.2 Å². The van der Waals surface area contributed by atoms with E-state index in [-0.39, 0.29) is 46.9 Å². The van der Waals surface area contributed by atoms with Gasteiger partial charge in [0.05, 0.1) is 15.9 Å². The molecule has 0 saturated carbocycles. The summed E-state index contributed by atoms with van der Waals surface area (Å²) in [6.45, 7) is 12.2. The number of aromatic amines is 1. The number of nitrogens with zero attached hydrogens (tertiary/aromatic N) is 4. The number of aromatic nitrogens is 2. The van der Waals surface area contributed by atoms with Crippen LogP contribution in [0.4, 0.5) is 17.1 Å². The first-order valence-corrected chi connectivity index (χ1v) is 24.0. The summed E-state index contributed by atoms with van der Waals surface area (Å²) in [5.41, 5.74) is 7.34. The topological polar surface area (TPSA) is 172 Å². The molecule has 1 amide bonds. The molecule has 2 fully saturated rings. The quantitative estimate of drug-likeness (QED) is 0.0855. The van der Waals surface area contributed by atoms with E-state index in [1.165, 1.54) is 22.8 Å². The van der Waals surface area contributed by atoms with Gasteiger partial charge in [-0.2, -0.15) is 0 Å². The lowest BCUT2D eigenvalue weighted by Gasteiger charge is -2.39. The van der Waals surface area contributed by atoms with Gasteiger partial charge < -0.3 is 24.7 Å². The summed E-state index contributed by atoms with van der Waals surface area (Å²) in [6.07, 6.45) is 8.36. The summed E-state index contributed by atoms with van der Waals surface area (Å²) in [6, 6.07) is 19.7. The van der Waals surface area contributed by atoms with Crippen LogP contribution in [0.1, 0.15) is 85.8 Å². The number of pyridine rings is 1. The Morgan fingerprint density at radius 2 is 1.81 bits per heavy atom. The first kappa shape index (κ1) is 43.8. The van der Waals surface area contributed by atoms with Crippen LogP contribution in [0, 0.1) is 21.4 Å². The number of rotatable bonds is 11. The largest absolute Gasteiger partial charge is 0.489 e. The van der Waals surface area contributed by atoms with Crippen molar-refractivity contribution in [2.75, 3.05) is 62.8 Å². The van der Waals surface area contributed by atoms with E-state index in [1.54, 1.807) is 12.3 Å². The van der Waals surface area contributed by atoms with E-state index in [0.29, 0.717) is 18.8 Å². The van der Waals surface area contributed by atoms with E-state index >= 15 is 0 Å². The lowest BCUT2D eigenvalue weighted by atomic mass is 9.72. The number of H-pyrrole nitrogens is 1. The minimum Gasteiger partial charge on any atom is -0.489 e. The van der Waals surface area contributed by atoms with Gasteiger partial charge in [0, 0.05) is 98.0 Å². The molecule has 3 aliphatic heterocycles. The number of piperazine rings is 1. The number of hydrogen-bond donors (Lipinski definition) is 3. The maximum absolute atomic E-state index is 14.3. The lowest BCUT2D eigenvalue weighted by molar-refractivity contribution is -0.384. The molecule has 16 heteroatoms. The molecule has 2 saturated heterocycles. The average molecular weight is 909 g/mol. The minimum atomic E-state index is -4.61. The predicted molar refractivity (Wildman–Crippen MR) is 249 cm³/mol. The molecule has 9 rings (SSSR count). The number of ether oxygens (including phenoxy) is 2. The fourth-order valence-corrected chi connectivity index (χ4v) is 10.9. The maximum atomic E-state index is 14.3. The van der Waals surface area contributed by atoms with Crippen molar-refractivity contribution in [1.82, 2.24) is 19.6 Å². The van der Waals surface area contributed by atoms with E-state index < -0.39 is 31.4 Å².